The highest BCUT2D eigenvalue weighted by Gasteiger charge is 2.26. The van der Waals surface area contributed by atoms with E-state index in [0.29, 0.717) is 22.5 Å². The fourth-order valence-corrected chi connectivity index (χ4v) is 5.26. The summed E-state index contributed by atoms with van der Waals surface area (Å²) in [6.45, 7) is 0.470. The van der Waals surface area contributed by atoms with Gasteiger partial charge in [0, 0.05) is 29.4 Å². The Balaban J connectivity index is 1.31. The van der Waals surface area contributed by atoms with Crippen LogP contribution in [0.3, 0.4) is 0 Å². The summed E-state index contributed by atoms with van der Waals surface area (Å²) in [5, 5.41) is 2.27. The average Bonchev–Trinajstić information content (AvgIpc) is 3.52. The molecule has 0 saturated heterocycles. The monoisotopic (exact) mass is 488 g/mol. The van der Waals surface area contributed by atoms with E-state index in [2.05, 4.69) is 26.8 Å². The van der Waals surface area contributed by atoms with Crippen LogP contribution in [0.2, 0.25) is 10.0 Å². The van der Waals surface area contributed by atoms with E-state index in [1.165, 1.54) is 5.56 Å². The first-order valence-electron chi connectivity index (χ1n) is 11.3. The number of aromatic amines is 1. The van der Waals surface area contributed by atoms with E-state index in [1.807, 2.05) is 55.0 Å². The van der Waals surface area contributed by atoms with Crippen LogP contribution < -0.4 is 4.74 Å². The lowest BCUT2D eigenvalue weighted by atomic mass is 9.87. The minimum atomic E-state index is 0.118. The van der Waals surface area contributed by atoms with Crippen molar-refractivity contribution >= 4 is 34.1 Å². The first-order valence-corrected chi connectivity index (χ1v) is 12.1. The summed E-state index contributed by atoms with van der Waals surface area (Å²) in [6, 6.07) is 16.1. The number of ether oxygens (including phenoxy) is 1. The molecule has 1 atom stereocenters. The number of halogens is 2. The Morgan fingerprint density at radius 3 is 2.85 bits per heavy atom. The number of benzene rings is 2. The van der Waals surface area contributed by atoms with Crippen molar-refractivity contribution in [2.75, 3.05) is 0 Å². The second kappa shape index (κ2) is 8.82. The molecule has 0 amide bonds. The van der Waals surface area contributed by atoms with E-state index in [0.717, 1.165) is 52.5 Å². The quantitative estimate of drug-likeness (QED) is 0.283. The Kier molecular flexibility index (Phi) is 5.52. The molecular weight excluding hydrogens is 467 g/mol. The Hall–Kier alpha value is -3.28. The highest BCUT2D eigenvalue weighted by molar-refractivity contribution is 6.42. The molecule has 3 aromatic heterocycles. The molecule has 7 heteroatoms. The van der Waals surface area contributed by atoms with Crippen molar-refractivity contribution in [2.24, 2.45) is 0 Å². The molecule has 6 rings (SSSR count). The SMILES string of the molecule is Clc1ccc2c(c1Cl)C(n1cnc(-c3c[nH]c4cnc(OCc5ccccc5)cc34)c1)CCC2. The number of pyridine rings is 1. The van der Waals surface area contributed by atoms with Gasteiger partial charge in [0.25, 0.3) is 0 Å². The van der Waals surface area contributed by atoms with Crippen LogP contribution in [0.5, 0.6) is 5.88 Å². The van der Waals surface area contributed by atoms with Crippen LogP contribution in [0.15, 0.2) is 73.4 Å². The van der Waals surface area contributed by atoms with Crippen LogP contribution in [0.1, 0.15) is 35.6 Å². The van der Waals surface area contributed by atoms with Gasteiger partial charge in [-0.05, 0) is 42.0 Å². The molecule has 170 valence electrons. The third kappa shape index (κ3) is 3.85. The van der Waals surface area contributed by atoms with Crippen molar-refractivity contribution in [3.63, 3.8) is 0 Å². The number of imidazole rings is 1. The van der Waals surface area contributed by atoms with Gasteiger partial charge in [0.1, 0.15) is 6.61 Å². The fourth-order valence-electron chi connectivity index (χ4n) is 4.78. The van der Waals surface area contributed by atoms with Crippen LogP contribution in [0.25, 0.3) is 22.2 Å². The van der Waals surface area contributed by atoms with Gasteiger partial charge in [-0.15, -0.1) is 0 Å². The number of hydrogen-bond acceptors (Lipinski definition) is 3. The smallest absolute Gasteiger partial charge is 0.214 e. The zero-order valence-corrected chi connectivity index (χ0v) is 19.9. The Labute approximate surface area is 207 Å². The van der Waals surface area contributed by atoms with E-state index in [1.54, 1.807) is 6.20 Å². The van der Waals surface area contributed by atoms with Crippen LogP contribution in [-0.4, -0.2) is 19.5 Å². The Morgan fingerprint density at radius 2 is 1.97 bits per heavy atom. The van der Waals surface area contributed by atoms with Gasteiger partial charge < -0.3 is 14.3 Å². The van der Waals surface area contributed by atoms with Gasteiger partial charge in [-0.1, -0.05) is 59.6 Å². The lowest BCUT2D eigenvalue weighted by Crippen LogP contribution is -2.16. The van der Waals surface area contributed by atoms with E-state index in [-0.39, 0.29) is 6.04 Å². The lowest BCUT2D eigenvalue weighted by Gasteiger charge is -2.28. The van der Waals surface area contributed by atoms with Gasteiger partial charge in [0.2, 0.25) is 5.88 Å². The van der Waals surface area contributed by atoms with Gasteiger partial charge in [-0.25, -0.2) is 9.97 Å². The van der Waals surface area contributed by atoms with E-state index in [4.69, 9.17) is 32.9 Å². The normalized spacial score (nSPS) is 15.4. The second-order valence-corrected chi connectivity index (χ2v) is 9.38. The maximum Gasteiger partial charge on any atom is 0.214 e. The molecule has 3 heterocycles. The molecule has 0 spiro atoms. The van der Waals surface area contributed by atoms with Gasteiger partial charge in [-0.2, -0.15) is 0 Å². The molecule has 1 N–H and O–H groups in total. The molecule has 5 aromatic rings. The third-order valence-corrected chi connectivity index (χ3v) is 7.31. The molecule has 1 aliphatic carbocycles. The number of rotatable bonds is 5. The summed E-state index contributed by atoms with van der Waals surface area (Å²) in [7, 11) is 0. The molecule has 1 aliphatic rings. The average molecular weight is 489 g/mol. The van der Waals surface area contributed by atoms with Gasteiger partial charge in [-0.3, -0.25) is 0 Å². The third-order valence-electron chi connectivity index (χ3n) is 6.49. The number of aryl methyl sites for hydroxylation is 1. The van der Waals surface area contributed by atoms with Crippen molar-refractivity contribution in [3.05, 3.63) is 100 Å². The van der Waals surface area contributed by atoms with Gasteiger partial charge >= 0.3 is 0 Å². The topological polar surface area (TPSA) is 55.7 Å². The molecule has 1 unspecified atom stereocenters. The fraction of sp³-hybridized carbons (Fsp3) is 0.185. The zero-order valence-electron chi connectivity index (χ0n) is 18.3. The van der Waals surface area contributed by atoms with Gasteiger partial charge in [0.15, 0.2) is 0 Å². The molecule has 0 fully saturated rings. The first kappa shape index (κ1) is 21.3. The molecule has 0 aliphatic heterocycles. The van der Waals surface area contributed by atoms with E-state index in [9.17, 15) is 0 Å². The summed E-state index contributed by atoms with van der Waals surface area (Å²) >= 11 is 13.0. The molecule has 0 saturated carbocycles. The largest absolute Gasteiger partial charge is 0.473 e. The van der Waals surface area contributed by atoms with Crippen LogP contribution in [0.4, 0.5) is 0 Å². The summed E-state index contributed by atoms with van der Waals surface area (Å²) in [5.41, 5.74) is 6.31. The van der Waals surface area contributed by atoms with Crippen molar-refractivity contribution < 1.29 is 4.74 Å². The van der Waals surface area contributed by atoms with Crippen LogP contribution in [0, 0.1) is 0 Å². The zero-order chi connectivity index (χ0) is 23.1. The van der Waals surface area contributed by atoms with Crippen molar-refractivity contribution in [2.45, 2.75) is 31.9 Å². The molecule has 34 heavy (non-hydrogen) atoms. The maximum absolute atomic E-state index is 6.64. The maximum atomic E-state index is 6.64. The number of hydrogen-bond donors (Lipinski definition) is 1. The summed E-state index contributed by atoms with van der Waals surface area (Å²) < 4.78 is 8.10. The Bertz CT molecular complexity index is 1480. The van der Waals surface area contributed by atoms with Gasteiger partial charge in [0.05, 0.1) is 39.8 Å². The van der Waals surface area contributed by atoms with E-state index >= 15 is 0 Å². The molecule has 5 nitrogen and oxygen atoms in total. The minimum absolute atomic E-state index is 0.118. The predicted octanol–water partition coefficient (Wildman–Crippen LogP) is 7.24. The first-order chi connectivity index (χ1) is 16.7. The lowest BCUT2D eigenvalue weighted by molar-refractivity contribution is 0.294. The molecule has 2 aromatic carbocycles. The number of H-pyrrole nitrogens is 1. The highest BCUT2D eigenvalue weighted by atomic mass is 35.5. The summed E-state index contributed by atoms with van der Waals surface area (Å²) in [4.78, 5) is 12.5. The summed E-state index contributed by atoms with van der Waals surface area (Å²) in [6.07, 6.45) is 10.9. The second-order valence-electron chi connectivity index (χ2n) is 8.59. The van der Waals surface area contributed by atoms with Crippen LogP contribution in [-0.2, 0) is 13.0 Å². The minimum Gasteiger partial charge on any atom is -0.473 e. The van der Waals surface area contributed by atoms with Crippen molar-refractivity contribution in [1.82, 2.24) is 19.5 Å². The number of nitrogens with zero attached hydrogens (tertiary/aromatic N) is 3. The standard InChI is InChI=1S/C27H22Cl2N4O/c28-21-10-9-18-7-4-8-24(26(18)27(21)29)33-14-23(32-16-33)20-12-30-22-13-31-25(11-19(20)22)34-15-17-5-2-1-3-6-17/h1-3,5-6,9-14,16,24,30H,4,7-8,15H2. The number of fused-ring (bicyclic) bond motifs is 2. The summed E-state index contributed by atoms with van der Waals surface area (Å²) in [5.74, 6) is 0.583. The predicted molar refractivity (Wildman–Crippen MR) is 136 cm³/mol. The molecule has 0 bridgehead atoms. The Morgan fingerprint density at radius 1 is 1.09 bits per heavy atom. The number of aromatic nitrogens is 4. The number of nitrogens with one attached hydrogen (secondary N) is 1. The van der Waals surface area contributed by atoms with Crippen molar-refractivity contribution in [1.29, 1.82) is 0 Å². The highest BCUT2D eigenvalue weighted by Crippen LogP contribution is 2.41. The van der Waals surface area contributed by atoms with Crippen molar-refractivity contribution in [3.8, 4) is 17.1 Å². The molecule has 0 radical (unpaired) electrons. The molecular formula is C27H22Cl2N4O. The van der Waals surface area contributed by atoms with E-state index < -0.39 is 0 Å². The van der Waals surface area contributed by atoms with Crippen LogP contribution >= 0.6 is 23.2 Å².